The van der Waals surface area contributed by atoms with Gasteiger partial charge in [0.1, 0.15) is 5.75 Å². The Morgan fingerprint density at radius 2 is 2.00 bits per heavy atom. The van der Waals surface area contributed by atoms with Crippen molar-refractivity contribution in [2.45, 2.75) is 19.8 Å². The second kappa shape index (κ2) is 3.91. The third-order valence-electron chi connectivity index (χ3n) is 2.98. The van der Waals surface area contributed by atoms with E-state index in [1.165, 1.54) is 12.8 Å². The summed E-state index contributed by atoms with van der Waals surface area (Å²) in [4.78, 5) is 2.35. The number of rotatable bonds is 1. The molecule has 1 fully saturated rings. The number of phenolic OH excluding ortho intramolecular Hbond substituents is 1. The van der Waals surface area contributed by atoms with Crippen LogP contribution in [0.4, 0.5) is 5.69 Å². The van der Waals surface area contributed by atoms with Gasteiger partial charge in [0.2, 0.25) is 0 Å². The molecule has 0 atom stereocenters. The van der Waals surface area contributed by atoms with Gasteiger partial charge in [-0.2, -0.15) is 0 Å². The van der Waals surface area contributed by atoms with Crippen LogP contribution in [0.15, 0.2) is 24.3 Å². The molecule has 0 saturated carbocycles. The minimum atomic E-state index is 0.362. The Morgan fingerprint density at radius 1 is 1.29 bits per heavy atom. The summed E-state index contributed by atoms with van der Waals surface area (Å²) in [6.07, 6.45) is 2.52. The van der Waals surface area contributed by atoms with Crippen LogP contribution >= 0.6 is 0 Å². The highest BCUT2D eigenvalue weighted by molar-refractivity contribution is 5.50. The Labute approximate surface area is 85.2 Å². The number of piperidine rings is 1. The molecule has 2 rings (SSSR count). The van der Waals surface area contributed by atoms with E-state index >= 15 is 0 Å². The largest absolute Gasteiger partial charge is 0.508 e. The fraction of sp³-hybridized carbons (Fsp3) is 0.500. The van der Waals surface area contributed by atoms with Gasteiger partial charge >= 0.3 is 0 Å². The zero-order valence-electron chi connectivity index (χ0n) is 8.61. The maximum absolute atomic E-state index is 9.37. The van der Waals surface area contributed by atoms with Crippen LogP contribution in [0, 0.1) is 5.92 Å². The average molecular weight is 191 g/mol. The average Bonchev–Trinajstić information content (AvgIpc) is 2.19. The van der Waals surface area contributed by atoms with E-state index in [-0.39, 0.29) is 0 Å². The summed E-state index contributed by atoms with van der Waals surface area (Å²) in [6, 6.07) is 7.53. The number of nitrogens with zero attached hydrogens (tertiary/aromatic N) is 1. The van der Waals surface area contributed by atoms with Crippen molar-refractivity contribution in [1.29, 1.82) is 0 Å². The zero-order chi connectivity index (χ0) is 9.97. The molecule has 0 bridgehead atoms. The first-order chi connectivity index (χ1) is 6.75. The normalized spacial score (nSPS) is 18.5. The molecule has 76 valence electrons. The lowest BCUT2D eigenvalue weighted by atomic mass is 9.99. The van der Waals surface area contributed by atoms with Crippen LogP contribution in [0.5, 0.6) is 5.75 Å². The fourth-order valence-corrected chi connectivity index (χ4v) is 1.96. The van der Waals surface area contributed by atoms with E-state index < -0.39 is 0 Å². The SMILES string of the molecule is CC1CCN(c2cccc(O)c2)CC1. The molecule has 2 nitrogen and oxygen atoms in total. The maximum Gasteiger partial charge on any atom is 0.117 e. The maximum atomic E-state index is 9.37. The molecule has 1 heterocycles. The molecule has 1 aromatic carbocycles. The molecule has 0 unspecified atom stereocenters. The van der Waals surface area contributed by atoms with Crippen molar-refractivity contribution in [2.75, 3.05) is 18.0 Å². The zero-order valence-corrected chi connectivity index (χ0v) is 8.61. The molecule has 0 spiro atoms. The van der Waals surface area contributed by atoms with E-state index in [1.54, 1.807) is 6.07 Å². The molecule has 2 heteroatoms. The summed E-state index contributed by atoms with van der Waals surface area (Å²) in [5.74, 6) is 1.21. The number of aromatic hydroxyl groups is 1. The Kier molecular flexibility index (Phi) is 2.62. The third-order valence-corrected chi connectivity index (χ3v) is 2.98. The number of phenols is 1. The summed E-state index contributed by atoms with van der Waals surface area (Å²) in [7, 11) is 0. The Morgan fingerprint density at radius 3 is 2.64 bits per heavy atom. The van der Waals surface area contributed by atoms with Crippen LogP contribution in [0.25, 0.3) is 0 Å². The van der Waals surface area contributed by atoms with Gasteiger partial charge in [-0.25, -0.2) is 0 Å². The monoisotopic (exact) mass is 191 g/mol. The van der Waals surface area contributed by atoms with E-state index in [1.807, 2.05) is 12.1 Å². The fourth-order valence-electron chi connectivity index (χ4n) is 1.96. The molecule has 1 aromatic rings. The van der Waals surface area contributed by atoms with Gasteiger partial charge in [0.25, 0.3) is 0 Å². The van der Waals surface area contributed by atoms with Gasteiger partial charge in [0, 0.05) is 24.8 Å². The van der Waals surface area contributed by atoms with Crippen molar-refractivity contribution in [3.8, 4) is 5.75 Å². The molecule has 1 aliphatic rings. The minimum absolute atomic E-state index is 0.362. The first kappa shape index (κ1) is 9.38. The van der Waals surface area contributed by atoms with Crippen molar-refractivity contribution in [3.63, 3.8) is 0 Å². The van der Waals surface area contributed by atoms with Gasteiger partial charge in [-0.1, -0.05) is 13.0 Å². The van der Waals surface area contributed by atoms with Crippen molar-refractivity contribution in [2.24, 2.45) is 5.92 Å². The second-order valence-electron chi connectivity index (χ2n) is 4.19. The third kappa shape index (κ3) is 2.00. The molecule has 0 aromatic heterocycles. The smallest absolute Gasteiger partial charge is 0.117 e. The van der Waals surface area contributed by atoms with E-state index in [9.17, 15) is 5.11 Å². The van der Waals surface area contributed by atoms with Gasteiger partial charge in [-0.3, -0.25) is 0 Å². The Bertz CT molecular complexity index is 303. The van der Waals surface area contributed by atoms with Gasteiger partial charge in [-0.15, -0.1) is 0 Å². The molecule has 1 aliphatic heterocycles. The molecule has 1 N–H and O–H groups in total. The van der Waals surface area contributed by atoms with E-state index in [2.05, 4.69) is 17.9 Å². The lowest BCUT2D eigenvalue weighted by molar-refractivity contribution is 0.437. The van der Waals surface area contributed by atoms with Crippen LogP contribution in [-0.4, -0.2) is 18.2 Å². The number of hydrogen-bond donors (Lipinski definition) is 1. The van der Waals surface area contributed by atoms with Crippen molar-refractivity contribution in [1.82, 2.24) is 0 Å². The number of benzene rings is 1. The Hall–Kier alpha value is -1.18. The van der Waals surface area contributed by atoms with Crippen molar-refractivity contribution >= 4 is 5.69 Å². The quantitative estimate of drug-likeness (QED) is 0.737. The predicted octanol–water partition coefficient (Wildman–Crippen LogP) is 2.63. The first-order valence-corrected chi connectivity index (χ1v) is 5.29. The summed E-state index contributed by atoms with van der Waals surface area (Å²) in [5.41, 5.74) is 1.15. The summed E-state index contributed by atoms with van der Waals surface area (Å²) in [5, 5.41) is 9.37. The molecule has 0 amide bonds. The Balaban J connectivity index is 2.08. The summed E-state index contributed by atoms with van der Waals surface area (Å²) >= 11 is 0. The standard InChI is InChI=1S/C12H17NO/c1-10-5-7-13(8-6-10)11-3-2-4-12(14)9-11/h2-4,9-10,14H,5-8H2,1H3. The van der Waals surface area contributed by atoms with Crippen LogP contribution in [0.1, 0.15) is 19.8 Å². The van der Waals surface area contributed by atoms with Crippen LogP contribution in [0.3, 0.4) is 0 Å². The number of anilines is 1. The van der Waals surface area contributed by atoms with Gasteiger partial charge in [0.15, 0.2) is 0 Å². The molecule has 0 radical (unpaired) electrons. The highest BCUT2D eigenvalue weighted by atomic mass is 16.3. The summed E-state index contributed by atoms with van der Waals surface area (Å²) < 4.78 is 0. The van der Waals surface area contributed by atoms with E-state index in [0.717, 1.165) is 24.7 Å². The van der Waals surface area contributed by atoms with Gasteiger partial charge in [0.05, 0.1) is 0 Å². The molecule has 0 aliphatic carbocycles. The lowest BCUT2D eigenvalue weighted by Gasteiger charge is -2.32. The molecular weight excluding hydrogens is 174 g/mol. The molecule has 14 heavy (non-hydrogen) atoms. The highest BCUT2D eigenvalue weighted by Crippen LogP contribution is 2.25. The topological polar surface area (TPSA) is 23.5 Å². The van der Waals surface area contributed by atoms with Crippen LogP contribution < -0.4 is 4.90 Å². The number of hydrogen-bond acceptors (Lipinski definition) is 2. The van der Waals surface area contributed by atoms with Crippen molar-refractivity contribution < 1.29 is 5.11 Å². The van der Waals surface area contributed by atoms with Gasteiger partial charge < -0.3 is 10.0 Å². The van der Waals surface area contributed by atoms with Crippen LogP contribution in [-0.2, 0) is 0 Å². The summed E-state index contributed by atoms with van der Waals surface area (Å²) in [6.45, 7) is 4.54. The van der Waals surface area contributed by atoms with Crippen LogP contribution in [0.2, 0.25) is 0 Å². The van der Waals surface area contributed by atoms with E-state index in [0.29, 0.717) is 5.75 Å². The van der Waals surface area contributed by atoms with Gasteiger partial charge in [-0.05, 0) is 30.9 Å². The van der Waals surface area contributed by atoms with E-state index in [4.69, 9.17) is 0 Å². The highest BCUT2D eigenvalue weighted by Gasteiger charge is 2.15. The first-order valence-electron chi connectivity index (χ1n) is 5.29. The second-order valence-corrected chi connectivity index (χ2v) is 4.19. The minimum Gasteiger partial charge on any atom is -0.508 e. The molecule has 1 saturated heterocycles. The predicted molar refractivity (Wildman–Crippen MR) is 58.7 cm³/mol. The molecular formula is C12H17NO. The lowest BCUT2D eigenvalue weighted by Crippen LogP contribution is -2.32. The van der Waals surface area contributed by atoms with Crippen molar-refractivity contribution in [3.05, 3.63) is 24.3 Å².